The van der Waals surface area contributed by atoms with Gasteiger partial charge in [-0.05, 0) is 33.1 Å². The van der Waals surface area contributed by atoms with Gasteiger partial charge in [0.15, 0.2) is 5.78 Å². The molecule has 1 rings (SSSR count). The van der Waals surface area contributed by atoms with Crippen molar-refractivity contribution >= 4 is 43.7 Å². The van der Waals surface area contributed by atoms with Crippen molar-refractivity contribution < 1.29 is 19.4 Å². The Morgan fingerprint density at radius 2 is 1.90 bits per heavy atom. The predicted octanol–water partition coefficient (Wildman–Crippen LogP) is 3.64. The van der Waals surface area contributed by atoms with Crippen LogP contribution >= 0.6 is 31.9 Å². The summed E-state index contributed by atoms with van der Waals surface area (Å²) in [5.74, 6) is 0.496. The summed E-state index contributed by atoms with van der Waals surface area (Å²) in [6.07, 6.45) is 2.36. The third-order valence-corrected chi connectivity index (χ3v) is 4.33. The zero-order valence-corrected chi connectivity index (χ0v) is 15.8. The highest BCUT2D eigenvalue weighted by molar-refractivity contribution is 9.25. The maximum absolute atomic E-state index is 12.3. The van der Waals surface area contributed by atoms with Crippen LogP contribution in [0.25, 0.3) is 0 Å². The highest BCUT2D eigenvalue weighted by Crippen LogP contribution is 2.32. The molecular formula is C14H23Br2NO4. The van der Waals surface area contributed by atoms with E-state index in [1.165, 1.54) is 17.7 Å². The van der Waals surface area contributed by atoms with E-state index < -0.39 is 21.4 Å². The van der Waals surface area contributed by atoms with Gasteiger partial charge in [-0.2, -0.15) is 0 Å². The van der Waals surface area contributed by atoms with Crippen LogP contribution in [0.15, 0.2) is 0 Å². The van der Waals surface area contributed by atoms with Gasteiger partial charge in [0.05, 0.1) is 6.61 Å². The normalized spacial score (nSPS) is 16.9. The molecule has 1 unspecified atom stereocenters. The van der Waals surface area contributed by atoms with Crippen LogP contribution in [0.4, 0.5) is 4.79 Å². The number of carbonyl (C=O) groups is 2. The molecule has 0 radical (unpaired) electrons. The van der Waals surface area contributed by atoms with Gasteiger partial charge in [-0.1, -0.05) is 44.7 Å². The molecule has 1 aliphatic carbocycles. The minimum atomic E-state index is -1.12. The van der Waals surface area contributed by atoms with Crippen LogP contribution in [0.5, 0.6) is 0 Å². The first-order valence-electron chi connectivity index (χ1n) is 7.06. The largest absolute Gasteiger partial charge is 0.465 e. The van der Waals surface area contributed by atoms with Crippen molar-refractivity contribution in [2.24, 2.45) is 5.92 Å². The maximum Gasteiger partial charge on any atom is 0.408 e. The summed E-state index contributed by atoms with van der Waals surface area (Å²) >= 11 is 6.32. The van der Waals surface area contributed by atoms with Crippen molar-refractivity contribution in [2.45, 2.75) is 55.4 Å². The summed E-state index contributed by atoms with van der Waals surface area (Å²) in [6.45, 7) is 5.96. The van der Waals surface area contributed by atoms with E-state index in [1.54, 1.807) is 20.8 Å². The maximum atomic E-state index is 12.3. The van der Waals surface area contributed by atoms with Crippen molar-refractivity contribution in [3.8, 4) is 0 Å². The van der Waals surface area contributed by atoms with Gasteiger partial charge in [-0.15, -0.1) is 0 Å². The highest BCUT2D eigenvalue weighted by atomic mass is 79.9. The first-order valence-corrected chi connectivity index (χ1v) is 8.89. The van der Waals surface area contributed by atoms with Gasteiger partial charge in [-0.25, -0.2) is 4.79 Å². The van der Waals surface area contributed by atoms with E-state index >= 15 is 0 Å². The van der Waals surface area contributed by atoms with E-state index in [9.17, 15) is 14.7 Å². The first kappa shape index (κ1) is 18.9. The molecule has 21 heavy (non-hydrogen) atoms. The van der Waals surface area contributed by atoms with Gasteiger partial charge in [0.25, 0.3) is 0 Å². The number of halogens is 2. The van der Waals surface area contributed by atoms with Crippen molar-refractivity contribution in [3.05, 3.63) is 0 Å². The molecule has 0 aromatic carbocycles. The smallest absolute Gasteiger partial charge is 0.408 e. The summed E-state index contributed by atoms with van der Waals surface area (Å²) < 4.78 is 4.99. The molecule has 0 heterocycles. The van der Waals surface area contributed by atoms with Crippen LogP contribution in [0.3, 0.4) is 0 Å². The van der Waals surface area contributed by atoms with Gasteiger partial charge in [0.2, 0.25) is 0 Å². The molecule has 1 saturated carbocycles. The summed E-state index contributed by atoms with van der Waals surface area (Å²) in [5.41, 5.74) is -0.680. The fourth-order valence-corrected chi connectivity index (χ4v) is 2.78. The number of ether oxygens (including phenoxy) is 1. The number of carbonyl (C=O) groups excluding carboxylic acids is 1. The second-order valence-corrected chi connectivity index (χ2v) is 9.41. The zero-order valence-electron chi connectivity index (χ0n) is 12.6. The van der Waals surface area contributed by atoms with E-state index in [4.69, 9.17) is 4.74 Å². The Morgan fingerprint density at radius 3 is 2.29 bits per heavy atom. The molecule has 1 amide bonds. The monoisotopic (exact) mass is 427 g/mol. The summed E-state index contributed by atoms with van der Waals surface area (Å²) in [4.78, 5) is 25.0. The van der Waals surface area contributed by atoms with E-state index in [2.05, 4.69) is 31.9 Å². The van der Waals surface area contributed by atoms with Gasteiger partial charge in [-0.3, -0.25) is 9.69 Å². The van der Waals surface area contributed by atoms with E-state index in [-0.39, 0.29) is 12.4 Å². The summed E-state index contributed by atoms with van der Waals surface area (Å²) in [5, 5.41) is 9.45. The molecule has 0 saturated heterocycles. The second kappa shape index (κ2) is 7.92. The quantitative estimate of drug-likeness (QED) is 0.473. The molecule has 5 nitrogen and oxygen atoms in total. The summed E-state index contributed by atoms with van der Waals surface area (Å²) in [6, 6.07) is -0.828. The van der Waals surface area contributed by atoms with Crippen LogP contribution in [-0.2, 0) is 9.53 Å². The minimum absolute atomic E-state index is 0.0861. The topological polar surface area (TPSA) is 66.8 Å². The number of hydrogen-bond donors (Lipinski definition) is 1. The van der Waals surface area contributed by atoms with Gasteiger partial charge >= 0.3 is 6.09 Å². The van der Waals surface area contributed by atoms with Crippen LogP contribution < -0.4 is 0 Å². The van der Waals surface area contributed by atoms with Crippen molar-refractivity contribution in [1.29, 1.82) is 0 Å². The Bertz CT molecular complexity index is 378. The molecule has 7 heteroatoms. The van der Waals surface area contributed by atoms with E-state index in [1.807, 2.05) is 0 Å². The minimum Gasteiger partial charge on any atom is -0.465 e. The van der Waals surface area contributed by atoms with E-state index in [0.717, 1.165) is 12.3 Å². The third-order valence-electron chi connectivity index (χ3n) is 3.43. The van der Waals surface area contributed by atoms with Crippen LogP contribution in [-0.4, -0.2) is 50.4 Å². The van der Waals surface area contributed by atoms with E-state index in [0.29, 0.717) is 6.61 Å². The lowest BCUT2D eigenvalue weighted by Crippen LogP contribution is -2.57. The number of hydrogen-bond acceptors (Lipinski definition) is 3. The molecule has 0 aliphatic heterocycles. The number of amides is 1. The van der Waals surface area contributed by atoms with Crippen LogP contribution in [0, 0.1) is 5.92 Å². The average molecular weight is 429 g/mol. The Labute approximate surface area is 142 Å². The SMILES string of the molecule is CC(C)(C)N(C(=O)O)C(COCCC1CC1)C(=O)C(Br)Br. The third kappa shape index (κ3) is 6.24. The molecule has 0 aromatic rings. The molecule has 0 bridgehead atoms. The average Bonchev–Trinajstić information content (AvgIpc) is 3.13. The fourth-order valence-electron chi connectivity index (χ4n) is 2.17. The number of Topliss-reactive ketones (excluding diaryl/α,β-unsaturated/α-hetero) is 1. The first-order chi connectivity index (χ1) is 9.64. The lowest BCUT2D eigenvalue weighted by molar-refractivity contribution is -0.125. The number of rotatable bonds is 8. The zero-order chi connectivity index (χ0) is 16.2. The van der Waals surface area contributed by atoms with Crippen molar-refractivity contribution in [1.82, 2.24) is 4.90 Å². The van der Waals surface area contributed by atoms with Gasteiger partial charge in [0, 0.05) is 12.1 Å². The number of nitrogens with zero attached hydrogens (tertiary/aromatic N) is 1. The number of carboxylic acid groups (broad SMARTS) is 1. The molecule has 0 spiro atoms. The molecule has 122 valence electrons. The molecule has 0 aromatic heterocycles. The summed E-state index contributed by atoms with van der Waals surface area (Å²) in [7, 11) is 0. The molecule has 1 atom stereocenters. The Balaban J connectivity index is 2.72. The lowest BCUT2D eigenvalue weighted by atomic mass is 10.0. The number of alkyl halides is 2. The number of ketones is 1. The highest BCUT2D eigenvalue weighted by Gasteiger charge is 2.39. The lowest BCUT2D eigenvalue weighted by Gasteiger charge is -2.38. The molecule has 1 aliphatic rings. The van der Waals surface area contributed by atoms with Crippen molar-refractivity contribution in [3.63, 3.8) is 0 Å². The van der Waals surface area contributed by atoms with Crippen LogP contribution in [0.1, 0.15) is 40.0 Å². The Morgan fingerprint density at radius 1 is 1.33 bits per heavy atom. The standard InChI is InChI=1S/C14H23Br2NO4/c1-14(2,3)17(13(19)20)10(11(18)12(15)16)8-21-7-6-9-4-5-9/h9-10,12H,4-8H2,1-3H3,(H,19,20). The Hall–Kier alpha value is -0.140. The van der Waals surface area contributed by atoms with Gasteiger partial charge in [0.1, 0.15) is 9.78 Å². The fraction of sp³-hybridized carbons (Fsp3) is 0.857. The molecule has 1 N–H and O–H groups in total. The van der Waals surface area contributed by atoms with Crippen LogP contribution in [0.2, 0.25) is 0 Å². The van der Waals surface area contributed by atoms with Gasteiger partial charge < -0.3 is 9.84 Å². The molecular weight excluding hydrogens is 406 g/mol. The Kier molecular flexibility index (Phi) is 7.13. The second-order valence-electron chi connectivity index (χ2n) is 6.35. The van der Waals surface area contributed by atoms with Crippen molar-refractivity contribution in [2.75, 3.05) is 13.2 Å². The predicted molar refractivity (Wildman–Crippen MR) is 88.2 cm³/mol. The molecule has 1 fully saturated rings.